The van der Waals surface area contributed by atoms with Crippen molar-refractivity contribution in [2.75, 3.05) is 5.32 Å². The van der Waals surface area contributed by atoms with Gasteiger partial charge in [-0.3, -0.25) is 4.79 Å². The zero-order valence-corrected chi connectivity index (χ0v) is 11.0. The number of halogens is 2. The fourth-order valence-electron chi connectivity index (χ4n) is 1.27. The number of rotatable bonds is 2. The average Bonchev–Trinajstić information content (AvgIpc) is 2.32. The molecular formula is C12H8BrClN2O. The van der Waals surface area contributed by atoms with Crippen molar-refractivity contribution in [1.82, 2.24) is 4.98 Å². The van der Waals surface area contributed by atoms with Crippen LogP contribution in [0.3, 0.4) is 0 Å². The number of nitrogens with zero attached hydrogens (tertiary/aromatic N) is 1. The molecule has 1 amide bonds. The lowest BCUT2D eigenvalue weighted by molar-refractivity contribution is 0.102. The minimum absolute atomic E-state index is 0.234. The Bertz CT molecular complexity index is 542. The van der Waals surface area contributed by atoms with Crippen LogP contribution in [0.25, 0.3) is 0 Å². The van der Waals surface area contributed by atoms with Crippen LogP contribution in [0.2, 0.25) is 5.02 Å². The van der Waals surface area contributed by atoms with Crippen molar-refractivity contribution in [1.29, 1.82) is 0 Å². The number of hydrogen-bond donors (Lipinski definition) is 1. The number of amides is 1. The van der Waals surface area contributed by atoms with Gasteiger partial charge in [-0.25, -0.2) is 4.98 Å². The van der Waals surface area contributed by atoms with Crippen LogP contribution in [0.4, 0.5) is 5.82 Å². The molecule has 0 saturated carbocycles. The summed E-state index contributed by atoms with van der Waals surface area (Å²) in [6.07, 6.45) is 1.62. The van der Waals surface area contributed by atoms with E-state index in [4.69, 9.17) is 11.6 Å². The van der Waals surface area contributed by atoms with E-state index in [0.717, 1.165) is 4.47 Å². The first-order chi connectivity index (χ1) is 8.15. The first-order valence-electron chi connectivity index (χ1n) is 4.83. The molecule has 5 heteroatoms. The maximum atomic E-state index is 11.8. The highest BCUT2D eigenvalue weighted by Crippen LogP contribution is 2.14. The van der Waals surface area contributed by atoms with Gasteiger partial charge in [0.15, 0.2) is 0 Å². The van der Waals surface area contributed by atoms with Gasteiger partial charge in [0, 0.05) is 21.3 Å². The van der Waals surface area contributed by atoms with Gasteiger partial charge in [0.25, 0.3) is 5.91 Å². The van der Waals surface area contributed by atoms with E-state index in [2.05, 4.69) is 26.2 Å². The predicted molar refractivity (Wildman–Crippen MR) is 71.3 cm³/mol. The molecule has 1 aromatic carbocycles. The number of nitrogens with one attached hydrogen (secondary N) is 1. The Morgan fingerprint density at radius 3 is 2.76 bits per heavy atom. The van der Waals surface area contributed by atoms with E-state index in [1.54, 1.807) is 42.6 Å². The van der Waals surface area contributed by atoms with Crippen molar-refractivity contribution in [3.8, 4) is 0 Å². The second-order valence-corrected chi connectivity index (χ2v) is 4.68. The monoisotopic (exact) mass is 310 g/mol. The number of carbonyl (C=O) groups is 1. The highest BCUT2D eigenvalue weighted by atomic mass is 79.9. The van der Waals surface area contributed by atoms with Crippen LogP contribution in [0.15, 0.2) is 47.1 Å². The van der Waals surface area contributed by atoms with Crippen LogP contribution in [0, 0.1) is 0 Å². The molecule has 1 heterocycles. The standard InChI is InChI=1S/C12H8BrClN2O/c13-9-4-5-11(15-7-9)16-12(17)8-2-1-3-10(14)6-8/h1-7H,(H,15,16,17). The number of carbonyl (C=O) groups excluding carboxylic acids is 1. The molecule has 3 nitrogen and oxygen atoms in total. The zero-order chi connectivity index (χ0) is 12.3. The zero-order valence-electron chi connectivity index (χ0n) is 8.65. The molecule has 0 radical (unpaired) electrons. The normalized spacial score (nSPS) is 10.0. The van der Waals surface area contributed by atoms with Crippen molar-refractivity contribution in [2.45, 2.75) is 0 Å². The molecule has 0 unspecified atom stereocenters. The van der Waals surface area contributed by atoms with Gasteiger partial charge < -0.3 is 5.32 Å². The molecule has 1 N–H and O–H groups in total. The summed E-state index contributed by atoms with van der Waals surface area (Å²) in [7, 11) is 0. The summed E-state index contributed by atoms with van der Waals surface area (Å²) >= 11 is 9.08. The molecule has 2 rings (SSSR count). The summed E-state index contributed by atoms with van der Waals surface area (Å²) in [6.45, 7) is 0. The van der Waals surface area contributed by atoms with E-state index in [1.165, 1.54) is 0 Å². The lowest BCUT2D eigenvalue weighted by atomic mass is 10.2. The first-order valence-corrected chi connectivity index (χ1v) is 6.01. The van der Waals surface area contributed by atoms with E-state index >= 15 is 0 Å². The molecule has 1 aromatic heterocycles. The summed E-state index contributed by atoms with van der Waals surface area (Å²) in [5, 5.41) is 3.21. The van der Waals surface area contributed by atoms with Crippen LogP contribution in [0.5, 0.6) is 0 Å². The number of anilines is 1. The number of benzene rings is 1. The van der Waals surface area contributed by atoms with Gasteiger partial charge in [-0.2, -0.15) is 0 Å². The molecular weight excluding hydrogens is 304 g/mol. The van der Waals surface area contributed by atoms with Crippen LogP contribution >= 0.6 is 27.5 Å². The van der Waals surface area contributed by atoms with Crippen molar-refractivity contribution < 1.29 is 4.79 Å². The fraction of sp³-hybridized carbons (Fsp3) is 0. The van der Waals surface area contributed by atoms with Crippen LogP contribution < -0.4 is 5.32 Å². The maximum absolute atomic E-state index is 11.8. The van der Waals surface area contributed by atoms with Gasteiger partial charge >= 0.3 is 0 Å². The summed E-state index contributed by atoms with van der Waals surface area (Å²) in [6, 6.07) is 10.3. The Morgan fingerprint density at radius 2 is 2.12 bits per heavy atom. The average molecular weight is 312 g/mol. The fourth-order valence-corrected chi connectivity index (χ4v) is 1.69. The van der Waals surface area contributed by atoms with E-state index in [-0.39, 0.29) is 5.91 Å². The molecule has 0 aliphatic heterocycles. The molecule has 0 aliphatic rings. The Hall–Kier alpha value is -1.39. The third kappa shape index (κ3) is 3.28. The molecule has 0 atom stereocenters. The third-order valence-corrected chi connectivity index (χ3v) is 2.76. The van der Waals surface area contributed by atoms with Crippen molar-refractivity contribution in [3.05, 3.63) is 57.7 Å². The van der Waals surface area contributed by atoms with Crippen molar-refractivity contribution in [2.24, 2.45) is 0 Å². The smallest absolute Gasteiger partial charge is 0.256 e. The topological polar surface area (TPSA) is 42.0 Å². The second-order valence-electron chi connectivity index (χ2n) is 3.33. The van der Waals surface area contributed by atoms with Gasteiger partial charge in [-0.1, -0.05) is 17.7 Å². The van der Waals surface area contributed by atoms with E-state index in [0.29, 0.717) is 16.4 Å². The lowest BCUT2D eigenvalue weighted by Gasteiger charge is -2.04. The quantitative estimate of drug-likeness (QED) is 0.918. The molecule has 0 saturated heterocycles. The Kier molecular flexibility index (Phi) is 3.76. The summed E-state index contributed by atoms with van der Waals surface area (Å²) in [4.78, 5) is 15.9. The lowest BCUT2D eigenvalue weighted by Crippen LogP contribution is -2.12. The highest BCUT2D eigenvalue weighted by Gasteiger charge is 2.06. The van der Waals surface area contributed by atoms with Crippen molar-refractivity contribution in [3.63, 3.8) is 0 Å². The summed E-state index contributed by atoms with van der Waals surface area (Å²) in [5.74, 6) is 0.264. The van der Waals surface area contributed by atoms with E-state index in [9.17, 15) is 4.79 Å². The highest BCUT2D eigenvalue weighted by molar-refractivity contribution is 9.10. The third-order valence-electron chi connectivity index (χ3n) is 2.06. The molecule has 0 spiro atoms. The number of pyridine rings is 1. The molecule has 0 fully saturated rings. The van der Waals surface area contributed by atoms with E-state index in [1.807, 2.05) is 0 Å². The summed E-state index contributed by atoms with van der Waals surface area (Å²) in [5.41, 5.74) is 0.502. The summed E-state index contributed by atoms with van der Waals surface area (Å²) < 4.78 is 0.859. The number of aromatic nitrogens is 1. The van der Waals surface area contributed by atoms with Crippen LogP contribution in [0.1, 0.15) is 10.4 Å². The second kappa shape index (κ2) is 5.29. The molecule has 17 heavy (non-hydrogen) atoms. The minimum Gasteiger partial charge on any atom is -0.307 e. The molecule has 2 aromatic rings. The number of hydrogen-bond acceptors (Lipinski definition) is 2. The first kappa shape index (κ1) is 12.1. The minimum atomic E-state index is -0.234. The van der Waals surface area contributed by atoms with E-state index < -0.39 is 0 Å². The van der Waals surface area contributed by atoms with Gasteiger partial charge in [-0.15, -0.1) is 0 Å². The Labute approximate surface area is 112 Å². The van der Waals surface area contributed by atoms with Gasteiger partial charge in [0.2, 0.25) is 0 Å². The Morgan fingerprint density at radius 1 is 1.29 bits per heavy atom. The SMILES string of the molecule is O=C(Nc1ccc(Br)cn1)c1cccc(Cl)c1. The van der Waals surface area contributed by atoms with Gasteiger partial charge in [0.05, 0.1) is 0 Å². The van der Waals surface area contributed by atoms with Gasteiger partial charge in [-0.05, 0) is 46.3 Å². The maximum Gasteiger partial charge on any atom is 0.256 e. The predicted octanol–water partition coefficient (Wildman–Crippen LogP) is 3.75. The largest absolute Gasteiger partial charge is 0.307 e. The van der Waals surface area contributed by atoms with Crippen molar-refractivity contribution >= 4 is 39.3 Å². The molecule has 0 aliphatic carbocycles. The Balaban J connectivity index is 2.14. The van der Waals surface area contributed by atoms with Gasteiger partial charge in [0.1, 0.15) is 5.82 Å². The molecule has 0 bridgehead atoms. The van der Waals surface area contributed by atoms with Crippen LogP contribution in [-0.2, 0) is 0 Å². The van der Waals surface area contributed by atoms with Crippen LogP contribution in [-0.4, -0.2) is 10.9 Å². The molecule has 86 valence electrons.